The Balaban J connectivity index is 1.36. The van der Waals surface area contributed by atoms with E-state index in [1.54, 1.807) is 0 Å². The third-order valence-corrected chi connectivity index (χ3v) is 24.7. The first-order valence-corrected chi connectivity index (χ1v) is 50.4. The van der Waals surface area contributed by atoms with E-state index in [-0.39, 0.29) is 88.4 Å². The fourth-order valence-corrected chi connectivity index (χ4v) is 16.6. The SMILES string of the molecule is COP(=O)([O-])OCCCCCCNC(=O)CCCCCCCCCCC(=O)Nc1cc(C(=O)N(CC(=O)NCCCCCCOC2OC(CO)C(O)C(O)C2NC(C)=O)CC(=O)NCCCCCCOC2OC(CO)C(O)C(O)C2NC(C)=O)cc(C(=O)N(CC(=O)NCCCCCCOC2OC(CO)C(O)C(O)C2NC(C)=O)CC(=O)NCCCCCCOC2OC(CO)C(O)C(O)C2NC(C)=O)c1. The topological polar surface area (TPSA) is 707 Å². The van der Waals surface area contributed by atoms with Crippen LogP contribution in [0.15, 0.2) is 18.2 Å². The molecule has 0 saturated carbocycles. The van der Waals surface area contributed by atoms with Crippen LogP contribution in [0.4, 0.5) is 5.69 Å². The maximum atomic E-state index is 15.4. The Morgan fingerprint density at radius 1 is 0.329 bits per heavy atom. The molecule has 802 valence electrons. The van der Waals surface area contributed by atoms with E-state index in [0.29, 0.717) is 148 Å². The third kappa shape index (κ3) is 46.5. The van der Waals surface area contributed by atoms with Gasteiger partial charge in [0.15, 0.2) is 25.2 Å². The molecule has 4 aliphatic rings. The average Bonchev–Trinajstić information content (AvgIpc) is 0.818. The molecule has 0 spiro atoms. The summed E-state index contributed by atoms with van der Waals surface area (Å²) < 4.78 is 66.4. The zero-order valence-electron chi connectivity index (χ0n) is 81.2. The predicted octanol–water partition coefficient (Wildman–Crippen LogP) is -3.23. The van der Waals surface area contributed by atoms with Gasteiger partial charge in [-0.05, 0) is 95.2 Å². The van der Waals surface area contributed by atoms with Gasteiger partial charge in [0.25, 0.3) is 19.6 Å². The van der Waals surface area contributed by atoms with Crippen LogP contribution in [0.1, 0.15) is 241 Å². The molecule has 4 fully saturated rings. The number of rotatable bonds is 71. The van der Waals surface area contributed by atoms with Gasteiger partial charge in [0.1, 0.15) is 124 Å². The molecule has 0 aromatic heterocycles. The number of nitrogens with one attached hydrogen (secondary N) is 10. The number of anilines is 1. The number of nitrogens with zero attached hydrogens (tertiary/aromatic N) is 2. The van der Waals surface area contributed by atoms with Crippen molar-refractivity contribution in [3.63, 3.8) is 0 Å². The van der Waals surface area contributed by atoms with Crippen molar-refractivity contribution in [2.45, 2.75) is 343 Å². The molecule has 1 aromatic carbocycles. The molecule has 140 heavy (non-hydrogen) atoms. The second kappa shape index (κ2) is 68.5. The van der Waals surface area contributed by atoms with Crippen molar-refractivity contribution in [3.05, 3.63) is 29.3 Å². The Labute approximate surface area is 816 Å². The smallest absolute Gasteiger partial charge is 0.267 e. The standard InChI is InChI=1S/C91H157N12O36P/c1-57(108)97-74-82(122)78(118)64(53-104)136-88(74)131-41-29-17-12-25-37-93-70(114)49-102(50-71(115)94-38-26-13-18-30-42-132-89-75(98-58(2)109)83(123)79(119)65(54-105)137-89)86(126)61-46-62(48-63(47-61)101-69(113)35-23-11-9-7-6-8-10-22-34-68(112)92-36-24-16-21-33-45-135-140(128,129)130-5)87(127)103(51-72(116)95-39-27-14-19-31-43-133-90-76(99-59(3)110)84(124)80(120)66(55-106)138-90)52-73(117)96-40-28-15-20-32-44-134-91-77(100-60(4)111)85(125)81(121)67(56-107)139-91/h46-48,64-67,74-85,88-91,104-107,118-125H,6-45,49-56H2,1-5H3,(H,92,112)(H,93,114)(H,94,115)(H,95,116)(H,96,117)(H,97,108)(H,98,109)(H,99,110)(H,100,111)(H,101,113)(H,128,129)/p-1. The number of unbranched alkanes of at least 4 members (excludes halogenated alkanes) is 22. The summed E-state index contributed by atoms with van der Waals surface area (Å²) in [6, 6.07) is -0.984. The molecule has 4 heterocycles. The molecular weight excluding hydrogens is 1870 g/mol. The van der Waals surface area contributed by atoms with E-state index in [4.69, 9.17) is 42.4 Å². The Hall–Kier alpha value is -7.83. The van der Waals surface area contributed by atoms with Gasteiger partial charge in [-0.25, -0.2) is 0 Å². The van der Waals surface area contributed by atoms with Crippen molar-refractivity contribution in [1.29, 1.82) is 0 Å². The maximum Gasteiger partial charge on any atom is 0.267 e. The number of amides is 12. The van der Waals surface area contributed by atoms with Crippen LogP contribution in [-0.4, -0.2) is 390 Å². The lowest BCUT2D eigenvalue weighted by Crippen LogP contribution is -2.64. The quantitative estimate of drug-likeness (QED) is 0.0225. The van der Waals surface area contributed by atoms with Gasteiger partial charge < -0.3 is 176 Å². The van der Waals surface area contributed by atoms with Gasteiger partial charge in [-0.15, -0.1) is 0 Å². The molecule has 21 unspecified atom stereocenters. The van der Waals surface area contributed by atoms with E-state index in [1.807, 2.05) is 0 Å². The molecule has 4 aliphatic heterocycles. The average molecular weight is 2030 g/mol. The number of hydrogen-bond acceptors (Lipinski definition) is 36. The lowest BCUT2D eigenvalue weighted by Gasteiger charge is -2.42. The largest absolute Gasteiger partial charge is 0.756 e. The highest BCUT2D eigenvalue weighted by Crippen LogP contribution is 2.37. The van der Waals surface area contributed by atoms with Gasteiger partial charge in [0.2, 0.25) is 59.1 Å². The van der Waals surface area contributed by atoms with Gasteiger partial charge in [-0.1, -0.05) is 103 Å². The molecule has 22 N–H and O–H groups in total. The zero-order chi connectivity index (χ0) is 103. The number of carbonyl (C=O) groups is 12. The second-order valence-corrected chi connectivity index (χ2v) is 37.0. The summed E-state index contributed by atoms with van der Waals surface area (Å²) in [4.78, 5) is 175. The molecule has 49 heteroatoms. The van der Waals surface area contributed by atoms with E-state index in [2.05, 4.69) is 57.7 Å². The number of ether oxygens (including phenoxy) is 8. The summed E-state index contributed by atoms with van der Waals surface area (Å²) >= 11 is 0. The van der Waals surface area contributed by atoms with Gasteiger partial charge >= 0.3 is 0 Å². The zero-order valence-corrected chi connectivity index (χ0v) is 82.1. The Bertz CT molecular complexity index is 3560. The molecular formula is C91H156N12O36P-. The maximum absolute atomic E-state index is 15.4. The van der Waals surface area contributed by atoms with E-state index < -0.39 is 248 Å². The van der Waals surface area contributed by atoms with Crippen LogP contribution in [0.2, 0.25) is 0 Å². The molecule has 0 radical (unpaired) electrons. The molecule has 48 nitrogen and oxygen atoms in total. The summed E-state index contributed by atoms with van der Waals surface area (Å²) in [7, 11) is -3.24. The van der Waals surface area contributed by atoms with Crippen LogP contribution in [0.3, 0.4) is 0 Å². The van der Waals surface area contributed by atoms with Gasteiger partial charge in [-0.3, -0.25) is 62.1 Å². The number of aliphatic hydroxyl groups excluding tert-OH is 12. The van der Waals surface area contributed by atoms with E-state index in [0.717, 1.165) is 67.9 Å². The molecule has 21 atom stereocenters. The van der Waals surface area contributed by atoms with E-state index in [9.17, 15) is 119 Å². The van der Waals surface area contributed by atoms with E-state index >= 15 is 9.59 Å². The summed E-state index contributed by atoms with van der Waals surface area (Å²) in [5.41, 5.74) is -0.756. The monoisotopic (exact) mass is 2020 g/mol. The highest BCUT2D eigenvalue weighted by atomic mass is 31.2. The Kier molecular flexibility index (Phi) is 60.0. The number of hydrogen-bond donors (Lipinski definition) is 22. The van der Waals surface area contributed by atoms with Crippen molar-refractivity contribution >= 4 is 84.4 Å². The van der Waals surface area contributed by atoms with Crippen LogP contribution in [0.25, 0.3) is 0 Å². The first-order valence-electron chi connectivity index (χ1n) is 48.9. The number of carbonyl (C=O) groups excluding carboxylic acids is 12. The number of phosphoric acid groups is 1. The lowest BCUT2D eigenvalue weighted by molar-refractivity contribution is -0.270. The minimum Gasteiger partial charge on any atom is -0.756 e. The fraction of sp³-hybridized carbons (Fsp3) is 0.802. The van der Waals surface area contributed by atoms with Crippen molar-refractivity contribution in [2.75, 3.05) is 131 Å². The van der Waals surface area contributed by atoms with Crippen LogP contribution in [0.5, 0.6) is 0 Å². The van der Waals surface area contributed by atoms with Crippen molar-refractivity contribution in [2.24, 2.45) is 0 Å². The van der Waals surface area contributed by atoms with Gasteiger partial charge in [0, 0.05) is 124 Å². The van der Waals surface area contributed by atoms with Crippen molar-refractivity contribution in [1.82, 2.24) is 57.7 Å². The normalized spacial score (nSPS) is 24.9. The second-order valence-electron chi connectivity index (χ2n) is 35.5. The summed E-state index contributed by atoms with van der Waals surface area (Å²) in [5.74, 6) is -7.58. The molecule has 1 aromatic rings. The number of aliphatic hydroxyl groups is 12. The summed E-state index contributed by atoms with van der Waals surface area (Å²) in [6.07, 6.45) is -5.41. The highest BCUT2D eigenvalue weighted by molar-refractivity contribution is 7.45. The van der Waals surface area contributed by atoms with Crippen LogP contribution in [0, 0.1) is 0 Å². The predicted molar refractivity (Wildman–Crippen MR) is 496 cm³/mol. The van der Waals surface area contributed by atoms with Crippen LogP contribution < -0.4 is 58.1 Å². The molecule has 12 amide bonds. The van der Waals surface area contributed by atoms with Gasteiger partial charge in [0.05, 0.1) is 33.0 Å². The fourth-order valence-electron chi connectivity index (χ4n) is 16.1. The van der Waals surface area contributed by atoms with Crippen molar-refractivity contribution < 1.29 is 175 Å². The van der Waals surface area contributed by atoms with Crippen LogP contribution in [-0.2, 0) is 99.5 Å². The molecule has 5 rings (SSSR count). The molecule has 0 aliphatic carbocycles. The van der Waals surface area contributed by atoms with Gasteiger partial charge in [-0.2, -0.15) is 0 Å². The highest BCUT2D eigenvalue weighted by Gasteiger charge is 2.50. The molecule has 4 saturated heterocycles. The third-order valence-electron chi connectivity index (χ3n) is 23.8. The molecule has 0 bridgehead atoms. The van der Waals surface area contributed by atoms with Crippen molar-refractivity contribution in [3.8, 4) is 0 Å². The number of phosphoric ester groups is 1. The Morgan fingerprint density at radius 2 is 0.564 bits per heavy atom. The first kappa shape index (κ1) is 123. The number of benzene rings is 1. The summed E-state index contributed by atoms with van der Waals surface area (Å²) in [5, 5.41) is 151. The minimum absolute atomic E-state index is 0.0167. The first-order chi connectivity index (χ1) is 67.0. The van der Waals surface area contributed by atoms with Crippen LogP contribution >= 0.6 is 7.82 Å². The Morgan fingerprint density at radius 3 is 0.821 bits per heavy atom. The lowest BCUT2D eigenvalue weighted by atomic mass is 9.97. The van der Waals surface area contributed by atoms with E-state index in [1.165, 1.54) is 39.8 Å². The minimum atomic E-state index is -4.27. The summed E-state index contributed by atoms with van der Waals surface area (Å²) in [6.45, 7) is 0.317.